The van der Waals surface area contributed by atoms with Crippen molar-refractivity contribution >= 4 is 0 Å². The van der Waals surface area contributed by atoms with Gasteiger partial charge in [-0.3, -0.25) is 0 Å². The molecule has 0 saturated carbocycles. The molecule has 0 unspecified atom stereocenters. The van der Waals surface area contributed by atoms with Crippen LogP contribution in [0.4, 0.5) is 0 Å². The average molecular weight is 139 g/mol. The molecule has 0 saturated heterocycles. The van der Waals surface area contributed by atoms with Crippen LogP contribution in [0.15, 0.2) is 5.57 Å². The van der Waals surface area contributed by atoms with Crippen molar-refractivity contribution in [1.29, 1.82) is 0 Å². The molecule has 10 heavy (non-hydrogen) atoms. The van der Waals surface area contributed by atoms with Crippen LogP contribution in [0.3, 0.4) is 0 Å². The molecule has 0 aliphatic carbocycles. The zero-order valence-corrected chi connectivity index (χ0v) is 7.54. The van der Waals surface area contributed by atoms with E-state index in [9.17, 15) is 0 Å². The van der Waals surface area contributed by atoms with E-state index in [4.69, 9.17) is 0 Å². The summed E-state index contributed by atoms with van der Waals surface area (Å²) in [5.74, 6) is 0. The highest BCUT2D eigenvalue weighted by Gasteiger charge is 2.04. The zero-order valence-electron chi connectivity index (χ0n) is 7.54. The Morgan fingerprint density at radius 3 is 2.20 bits per heavy atom. The largest absolute Gasteiger partial charge is 0.221 e. The Morgan fingerprint density at radius 2 is 1.80 bits per heavy atom. The molecular weight excluding hydrogens is 120 g/mol. The van der Waals surface area contributed by atoms with Gasteiger partial charge in [0.05, 0.1) is 0 Å². The second kappa shape index (κ2) is 6.77. The van der Waals surface area contributed by atoms with Crippen LogP contribution in [0.5, 0.6) is 0 Å². The minimum Gasteiger partial charge on any atom is -0.0649 e. The first-order valence-corrected chi connectivity index (χ1v) is 4.43. The SMILES string of the molecule is CCC[C+]=C(CC)CCC. The number of hydrogen-bond acceptors (Lipinski definition) is 0. The minimum absolute atomic E-state index is 1.14. The van der Waals surface area contributed by atoms with E-state index >= 15 is 0 Å². The maximum absolute atomic E-state index is 3.44. The van der Waals surface area contributed by atoms with E-state index < -0.39 is 0 Å². The lowest BCUT2D eigenvalue weighted by Gasteiger charge is -1.87. The Kier molecular flexibility index (Phi) is 6.53. The van der Waals surface area contributed by atoms with E-state index in [1.807, 2.05) is 0 Å². The van der Waals surface area contributed by atoms with Crippen LogP contribution < -0.4 is 0 Å². The van der Waals surface area contributed by atoms with Crippen molar-refractivity contribution in [2.24, 2.45) is 0 Å². The van der Waals surface area contributed by atoms with Gasteiger partial charge in [0.2, 0.25) is 6.08 Å². The summed E-state index contributed by atoms with van der Waals surface area (Å²) in [5.41, 5.74) is 1.52. The molecule has 0 radical (unpaired) electrons. The fraction of sp³-hybridized carbons (Fsp3) is 0.800. The third-order valence-electron chi connectivity index (χ3n) is 1.60. The summed E-state index contributed by atoms with van der Waals surface area (Å²) < 4.78 is 0. The lowest BCUT2D eigenvalue weighted by Crippen LogP contribution is -1.80. The molecule has 0 fully saturated rings. The van der Waals surface area contributed by atoms with E-state index in [-0.39, 0.29) is 0 Å². The monoisotopic (exact) mass is 139 g/mol. The highest BCUT2D eigenvalue weighted by atomic mass is 14.0. The Balaban J connectivity index is 3.55. The predicted molar refractivity (Wildman–Crippen MR) is 46.9 cm³/mol. The molecule has 0 bridgehead atoms. The van der Waals surface area contributed by atoms with E-state index in [0.29, 0.717) is 0 Å². The summed E-state index contributed by atoms with van der Waals surface area (Å²) in [6, 6.07) is 0. The molecule has 0 aliphatic heterocycles. The van der Waals surface area contributed by atoms with Gasteiger partial charge in [0.25, 0.3) is 0 Å². The quantitative estimate of drug-likeness (QED) is 0.509. The van der Waals surface area contributed by atoms with Crippen molar-refractivity contribution < 1.29 is 0 Å². The summed E-state index contributed by atoms with van der Waals surface area (Å²) in [4.78, 5) is 0. The average Bonchev–Trinajstić information content (AvgIpc) is 1.98. The summed E-state index contributed by atoms with van der Waals surface area (Å²) in [5, 5.41) is 0. The minimum atomic E-state index is 1.14. The van der Waals surface area contributed by atoms with Crippen LogP contribution in [0.1, 0.15) is 52.9 Å². The third-order valence-corrected chi connectivity index (χ3v) is 1.60. The Labute approximate surface area is 65.3 Å². The fourth-order valence-corrected chi connectivity index (χ4v) is 0.994. The van der Waals surface area contributed by atoms with Crippen LogP contribution in [-0.4, -0.2) is 0 Å². The first-order valence-electron chi connectivity index (χ1n) is 4.43. The van der Waals surface area contributed by atoms with Crippen molar-refractivity contribution in [3.05, 3.63) is 11.6 Å². The van der Waals surface area contributed by atoms with Crippen molar-refractivity contribution in [2.75, 3.05) is 0 Å². The van der Waals surface area contributed by atoms with Crippen LogP contribution in [0, 0.1) is 6.08 Å². The van der Waals surface area contributed by atoms with Gasteiger partial charge >= 0.3 is 0 Å². The third kappa shape index (κ3) is 4.52. The van der Waals surface area contributed by atoms with Gasteiger partial charge < -0.3 is 0 Å². The number of rotatable bonds is 5. The maximum atomic E-state index is 3.44. The summed E-state index contributed by atoms with van der Waals surface area (Å²) in [6.07, 6.45) is 9.51. The topological polar surface area (TPSA) is 0 Å². The van der Waals surface area contributed by atoms with Gasteiger partial charge in [0.15, 0.2) is 12.0 Å². The zero-order chi connectivity index (χ0) is 7.82. The fourth-order valence-electron chi connectivity index (χ4n) is 0.994. The van der Waals surface area contributed by atoms with Crippen molar-refractivity contribution in [1.82, 2.24) is 0 Å². The van der Waals surface area contributed by atoms with Gasteiger partial charge in [0.1, 0.15) is 0 Å². The highest BCUT2D eigenvalue weighted by molar-refractivity contribution is 4.95. The molecule has 0 heteroatoms. The first kappa shape index (κ1) is 9.65. The summed E-state index contributed by atoms with van der Waals surface area (Å²) in [6.45, 7) is 6.64. The summed E-state index contributed by atoms with van der Waals surface area (Å²) >= 11 is 0. The lowest BCUT2D eigenvalue weighted by molar-refractivity contribution is 0.823. The van der Waals surface area contributed by atoms with Gasteiger partial charge in [-0.15, -0.1) is 0 Å². The van der Waals surface area contributed by atoms with Gasteiger partial charge in [0, 0.05) is 12.8 Å². The van der Waals surface area contributed by atoms with Gasteiger partial charge in [-0.05, 0) is 12.8 Å². The van der Waals surface area contributed by atoms with Crippen LogP contribution in [0.2, 0.25) is 0 Å². The van der Waals surface area contributed by atoms with Crippen molar-refractivity contribution in [3.63, 3.8) is 0 Å². The highest BCUT2D eigenvalue weighted by Crippen LogP contribution is 2.09. The molecule has 0 amide bonds. The standard InChI is InChI=1S/C10H19/c1-4-7-9-10(6-3)8-5-2/h4-8H2,1-3H3/q+1. The molecular formula is C10H19+. The van der Waals surface area contributed by atoms with Crippen LogP contribution in [0.25, 0.3) is 0 Å². The molecule has 0 rings (SSSR count). The molecule has 0 aliphatic rings. The first-order chi connectivity index (χ1) is 4.85. The lowest BCUT2D eigenvalue weighted by atomic mass is 10.1. The molecule has 0 atom stereocenters. The smallest absolute Gasteiger partial charge is 0.0649 e. The van der Waals surface area contributed by atoms with Gasteiger partial charge in [-0.1, -0.05) is 20.8 Å². The normalized spacial score (nSPS) is 11.3. The second-order valence-electron chi connectivity index (χ2n) is 2.63. The summed E-state index contributed by atoms with van der Waals surface area (Å²) in [7, 11) is 0. The van der Waals surface area contributed by atoms with E-state index in [1.54, 1.807) is 0 Å². The van der Waals surface area contributed by atoms with Crippen LogP contribution in [-0.2, 0) is 0 Å². The van der Waals surface area contributed by atoms with E-state index in [0.717, 1.165) is 6.42 Å². The second-order valence-corrected chi connectivity index (χ2v) is 2.63. The molecule has 0 heterocycles. The van der Waals surface area contributed by atoms with Gasteiger partial charge in [-0.2, -0.15) is 0 Å². The number of hydrogen-bond donors (Lipinski definition) is 0. The molecule has 0 aromatic rings. The Morgan fingerprint density at radius 1 is 1.10 bits per heavy atom. The molecule has 0 aromatic heterocycles. The molecule has 0 N–H and O–H groups in total. The number of allylic oxidation sites excluding steroid dienone is 2. The molecule has 58 valence electrons. The van der Waals surface area contributed by atoms with Crippen molar-refractivity contribution in [2.45, 2.75) is 52.9 Å². The van der Waals surface area contributed by atoms with Crippen molar-refractivity contribution in [3.8, 4) is 0 Å². The Bertz CT molecular complexity index is 90.2. The predicted octanol–water partition coefficient (Wildman–Crippen LogP) is 3.73. The van der Waals surface area contributed by atoms with E-state index in [1.165, 1.54) is 31.3 Å². The molecule has 0 aromatic carbocycles. The maximum Gasteiger partial charge on any atom is 0.221 e. The van der Waals surface area contributed by atoms with Gasteiger partial charge in [-0.25, -0.2) is 0 Å². The number of unbranched alkanes of at least 4 members (excludes halogenated alkanes) is 1. The van der Waals surface area contributed by atoms with E-state index in [2.05, 4.69) is 26.8 Å². The van der Waals surface area contributed by atoms with Crippen LogP contribution >= 0.6 is 0 Å². The Hall–Kier alpha value is -0.350. The molecule has 0 nitrogen and oxygen atoms in total. The molecule has 0 spiro atoms.